The normalized spacial score (nSPS) is 15.4. The van der Waals surface area contributed by atoms with Gasteiger partial charge in [-0.3, -0.25) is 0 Å². The van der Waals surface area contributed by atoms with Crippen molar-refractivity contribution >= 4 is 23.7 Å². The van der Waals surface area contributed by atoms with Crippen molar-refractivity contribution in [2.45, 2.75) is 12.5 Å². The zero-order chi connectivity index (χ0) is 23.4. The smallest absolute Gasteiger partial charge is 0.482 e. The van der Waals surface area contributed by atoms with E-state index in [0.29, 0.717) is 12.0 Å². The van der Waals surface area contributed by atoms with E-state index in [2.05, 4.69) is 0 Å². The molecule has 0 aliphatic carbocycles. The van der Waals surface area contributed by atoms with Gasteiger partial charge in [-0.25, -0.2) is 14.0 Å². The second-order valence-corrected chi connectivity index (χ2v) is 7.64. The van der Waals surface area contributed by atoms with Crippen LogP contribution in [0.4, 0.5) is 9.18 Å². The van der Waals surface area contributed by atoms with Crippen molar-refractivity contribution in [2.24, 2.45) is 0 Å². The van der Waals surface area contributed by atoms with Gasteiger partial charge < -0.3 is 19.4 Å². The SMILES string of the molecule is O=C(O)COc1ccc(F)cc1C1c2ccccc2CCN1OC(=O)Oc1ccccc1Cl. The van der Waals surface area contributed by atoms with E-state index in [1.54, 1.807) is 18.2 Å². The molecule has 4 rings (SSSR count). The maximum absolute atomic E-state index is 14.3. The number of fused-ring (bicyclic) bond motifs is 1. The first-order valence-corrected chi connectivity index (χ1v) is 10.4. The van der Waals surface area contributed by atoms with Crippen LogP contribution in [0, 0.1) is 5.82 Å². The van der Waals surface area contributed by atoms with Crippen LogP contribution < -0.4 is 9.47 Å². The number of hydrogen-bond acceptors (Lipinski definition) is 6. The first-order valence-electron chi connectivity index (χ1n) is 10.0. The molecule has 7 nitrogen and oxygen atoms in total. The zero-order valence-electron chi connectivity index (χ0n) is 17.2. The van der Waals surface area contributed by atoms with Crippen molar-refractivity contribution in [2.75, 3.05) is 13.2 Å². The number of hydroxylamine groups is 2. The highest BCUT2D eigenvalue weighted by Gasteiger charge is 2.34. The third kappa shape index (κ3) is 5.24. The fraction of sp³-hybridized carbons (Fsp3) is 0.167. The molecule has 33 heavy (non-hydrogen) atoms. The number of benzene rings is 3. The number of carboxylic acid groups (broad SMARTS) is 1. The Morgan fingerprint density at radius 1 is 1.03 bits per heavy atom. The van der Waals surface area contributed by atoms with Gasteiger partial charge in [0.05, 0.1) is 5.02 Å². The number of carboxylic acids is 1. The van der Waals surface area contributed by atoms with Crippen molar-refractivity contribution in [1.82, 2.24) is 5.06 Å². The predicted molar refractivity (Wildman–Crippen MR) is 117 cm³/mol. The molecular weight excluding hydrogens is 453 g/mol. The molecule has 0 fully saturated rings. The maximum Gasteiger partial charge on any atom is 0.533 e. The lowest BCUT2D eigenvalue weighted by molar-refractivity contribution is -0.141. The van der Waals surface area contributed by atoms with E-state index in [4.69, 9.17) is 31.0 Å². The summed E-state index contributed by atoms with van der Waals surface area (Å²) in [5, 5.41) is 10.6. The van der Waals surface area contributed by atoms with E-state index in [1.165, 1.54) is 29.3 Å². The van der Waals surface area contributed by atoms with Gasteiger partial charge in [-0.2, -0.15) is 0 Å². The van der Waals surface area contributed by atoms with Gasteiger partial charge in [0.25, 0.3) is 0 Å². The van der Waals surface area contributed by atoms with Gasteiger partial charge in [0.2, 0.25) is 0 Å². The van der Waals surface area contributed by atoms with Crippen LogP contribution in [0.25, 0.3) is 0 Å². The molecule has 0 radical (unpaired) electrons. The van der Waals surface area contributed by atoms with Gasteiger partial charge in [-0.1, -0.05) is 48.0 Å². The Hall–Kier alpha value is -3.62. The lowest BCUT2D eigenvalue weighted by Gasteiger charge is -2.36. The molecule has 0 aromatic heterocycles. The van der Waals surface area contributed by atoms with E-state index in [9.17, 15) is 14.0 Å². The first kappa shape index (κ1) is 22.6. The third-order valence-electron chi connectivity index (χ3n) is 5.08. The molecule has 1 atom stereocenters. The Labute approximate surface area is 193 Å². The maximum atomic E-state index is 14.3. The summed E-state index contributed by atoms with van der Waals surface area (Å²) in [5.41, 5.74) is 2.06. The Morgan fingerprint density at radius 3 is 2.58 bits per heavy atom. The molecule has 0 amide bonds. The molecule has 0 bridgehead atoms. The largest absolute Gasteiger partial charge is 0.533 e. The third-order valence-corrected chi connectivity index (χ3v) is 5.39. The lowest BCUT2D eigenvalue weighted by atomic mass is 9.89. The summed E-state index contributed by atoms with van der Waals surface area (Å²) < 4.78 is 24.9. The number of carbonyl (C=O) groups is 2. The first-order chi connectivity index (χ1) is 15.9. The molecule has 1 N–H and O–H groups in total. The molecule has 9 heteroatoms. The number of halogens is 2. The molecule has 0 spiro atoms. The van der Waals surface area contributed by atoms with Crippen LogP contribution in [0.3, 0.4) is 0 Å². The number of hydrogen-bond donors (Lipinski definition) is 1. The Bertz CT molecular complexity index is 1190. The Morgan fingerprint density at radius 2 is 1.79 bits per heavy atom. The van der Waals surface area contributed by atoms with Gasteiger partial charge in [-0.05, 0) is 47.9 Å². The highest BCUT2D eigenvalue weighted by molar-refractivity contribution is 6.32. The van der Waals surface area contributed by atoms with Crippen LogP contribution >= 0.6 is 11.6 Å². The van der Waals surface area contributed by atoms with Gasteiger partial charge in [0.1, 0.15) is 17.6 Å². The van der Waals surface area contributed by atoms with Crippen LogP contribution in [0.5, 0.6) is 11.5 Å². The molecule has 1 aliphatic rings. The van der Waals surface area contributed by atoms with Crippen molar-refractivity contribution in [3.8, 4) is 11.5 Å². The van der Waals surface area contributed by atoms with Gasteiger partial charge in [0.15, 0.2) is 12.4 Å². The number of aliphatic carboxylic acids is 1. The lowest BCUT2D eigenvalue weighted by Crippen LogP contribution is -2.38. The molecule has 170 valence electrons. The molecule has 0 saturated heterocycles. The van der Waals surface area contributed by atoms with Crippen LogP contribution in [0.15, 0.2) is 66.7 Å². The summed E-state index contributed by atoms with van der Waals surface area (Å²) in [6.07, 6.45) is -0.455. The number of nitrogens with zero attached hydrogens (tertiary/aromatic N) is 1. The summed E-state index contributed by atoms with van der Waals surface area (Å²) in [5.74, 6) is -1.43. The number of para-hydroxylation sites is 1. The summed E-state index contributed by atoms with van der Waals surface area (Å²) in [4.78, 5) is 29.1. The monoisotopic (exact) mass is 471 g/mol. The van der Waals surface area contributed by atoms with E-state index in [-0.39, 0.29) is 23.1 Å². The van der Waals surface area contributed by atoms with Gasteiger partial charge >= 0.3 is 12.1 Å². The van der Waals surface area contributed by atoms with Crippen LogP contribution in [0.2, 0.25) is 5.02 Å². The summed E-state index contributed by atoms with van der Waals surface area (Å²) in [6, 6.07) is 16.9. The second kappa shape index (κ2) is 9.89. The van der Waals surface area contributed by atoms with Gasteiger partial charge in [0, 0.05) is 12.1 Å². The fourth-order valence-electron chi connectivity index (χ4n) is 3.70. The van der Waals surface area contributed by atoms with E-state index < -0.39 is 30.6 Å². The average Bonchev–Trinajstić information content (AvgIpc) is 2.79. The molecular formula is C24H19ClFNO6. The number of ether oxygens (including phenoxy) is 2. The molecule has 3 aromatic carbocycles. The molecule has 1 aliphatic heterocycles. The fourth-order valence-corrected chi connectivity index (χ4v) is 3.87. The van der Waals surface area contributed by atoms with Gasteiger partial charge in [-0.15, -0.1) is 5.06 Å². The number of rotatable bonds is 6. The highest BCUT2D eigenvalue weighted by Crippen LogP contribution is 2.40. The highest BCUT2D eigenvalue weighted by atomic mass is 35.5. The Balaban J connectivity index is 1.68. The summed E-state index contributed by atoms with van der Waals surface area (Å²) in [6.45, 7) is -0.323. The topological polar surface area (TPSA) is 85.3 Å². The molecule has 1 heterocycles. The molecule has 0 saturated carbocycles. The molecule has 3 aromatic rings. The second-order valence-electron chi connectivity index (χ2n) is 7.23. The predicted octanol–water partition coefficient (Wildman–Crippen LogP) is 5.02. The van der Waals surface area contributed by atoms with Crippen molar-refractivity contribution < 1.29 is 33.4 Å². The summed E-state index contributed by atoms with van der Waals surface area (Å²) >= 11 is 6.05. The van der Waals surface area contributed by atoms with E-state index in [1.807, 2.05) is 24.3 Å². The van der Waals surface area contributed by atoms with Crippen LogP contribution in [-0.2, 0) is 16.1 Å². The minimum absolute atomic E-state index is 0.134. The summed E-state index contributed by atoms with van der Waals surface area (Å²) in [7, 11) is 0. The van der Waals surface area contributed by atoms with Crippen molar-refractivity contribution in [1.29, 1.82) is 0 Å². The van der Waals surface area contributed by atoms with Crippen LogP contribution in [-0.4, -0.2) is 35.4 Å². The average molecular weight is 472 g/mol. The van der Waals surface area contributed by atoms with Crippen LogP contribution in [0.1, 0.15) is 22.7 Å². The van der Waals surface area contributed by atoms with Crippen molar-refractivity contribution in [3.63, 3.8) is 0 Å². The van der Waals surface area contributed by atoms with E-state index in [0.717, 1.165) is 11.1 Å². The minimum Gasteiger partial charge on any atom is -0.482 e. The van der Waals surface area contributed by atoms with E-state index >= 15 is 0 Å². The quantitative estimate of drug-likeness (QED) is 0.399. The Kier molecular flexibility index (Phi) is 6.76. The standard InChI is InChI=1S/C24H19ClFNO6/c25-19-7-3-4-8-21(19)32-24(30)33-27-12-11-15-5-1-2-6-17(15)23(27)18-13-16(26)9-10-20(18)31-14-22(28)29/h1-10,13,23H,11-12,14H2,(H,28,29). The van der Waals surface area contributed by atoms with Crippen molar-refractivity contribution in [3.05, 3.63) is 94.3 Å². The minimum atomic E-state index is -1.18. The zero-order valence-corrected chi connectivity index (χ0v) is 18.0. The molecule has 1 unspecified atom stereocenters. The number of carbonyl (C=O) groups excluding carboxylic acids is 1.